The fraction of sp³-hybridized carbons (Fsp3) is 0.318. The zero-order valence-corrected chi connectivity index (χ0v) is 16.8. The van der Waals surface area contributed by atoms with Crippen LogP contribution in [0, 0.1) is 5.82 Å². The van der Waals surface area contributed by atoms with E-state index >= 15 is 0 Å². The summed E-state index contributed by atoms with van der Waals surface area (Å²) in [5, 5.41) is 5.45. The van der Waals surface area contributed by atoms with Crippen molar-refractivity contribution in [2.75, 3.05) is 18.7 Å². The Morgan fingerprint density at radius 2 is 1.84 bits per heavy atom. The van der Waals surface area contributed by atoms with E-state index in [1.807, 2.05) is 0 Å². The molecule has 31 heavy (non-hydrogen) atoms. The van der Waals surface area contributed by atoms with Crippen LogP contribution in [-0.4, -0.2) is 36.1 Å². The van der Waals surface area contributed by atoms with Crippen LogP contribution < -0.4 is 15.4 Å². The molecule has 0 bridgehead atoms. The monoisotopic (exact) mass is 427 g/mol. The maximum Gasteiger partial charge on any atom is 0.319 e. The minimum Gasteiger partial charge on any atom is -0.467 e. The highest BCUT2D eigenvalue weighted by molar-refractivity contribution is 6.01. The lowest BCUT2D eigenvalue weighted by molar-refractivity contribution is -0.139. The average molecular weight is 427 g/mol. The van der Waals surface area contributed by atoms with Crippen molar-refractivity contribution in [3.8, 4) is 5.75 Å². The number of carbonyl (C=O) groups is 3. The summed E-state index contributed by atoms with van der Waals surface area (Å²) < 4.78 is 24.4. The number of halogens is 1. The van der Waals surface area contributed by atoms with Crippen molar-refractivity contribution in [3.63, 3.8) is 0 Å². The van der Waals surface area contributed by atoms with Crippen molar-refractivity contribution in [2.24, 2.45) is 0 Å². The number of benzene rings is 2. The molecule has 4 amide bonds. The molecule has 0 aromatic heterocycles. The molecule has 8 nitrogen and oxygen atoms in total. The van der Waals surface area contributed by atoms with Crippen molar-refractivity contribution >= 4 is 23.5 Å². The van der Waals surface area contributed by atoms with Gasteiger partial charge in [0.05, 0.1) is 13.2 Å². The van der Waals surface area contributed by atoms with E-state index in [1.54, 1.807) is 24.3 Å². The predicted molar refractivity (Wildman–Crippen MR) is 109 cm³/mol. The zero-order chi connectivity index (χ0) is 21.8. The molecule has 2 N–H and O–H groups in total. The van der Waals surface area contributed by atoms with Gasteiger partial charge in [-0.1, -0.05) is 12.1 Å². The Bertz CT molecular complexity index is 993. The Labute approximate surface area is 178 Å². The van der Waals surface area contributed by atoms with E-state index in [9.17, 15) is 18.8 Å². The molecule has 0 unspecified atom stereocenters. The second-order valence-electron chi connectivity index (χ2n) is 7.37. The first-order valence-corrected chi connectivity index (χ1v) is 9.98. The highest BCUT2D eigenvalue weighted by Gasteiger charge is 2.28. The van der Waals surface area contributed by atoms with Gasteiger partial charge in [-0.25, -0.2) is 9.18 Å². The molecule has 0 spiro atoms. The molecule has 1 saturated heterocycles. The van der Waals surface area contributed by atoms with Gasteiger partial charge in [-0.3, -0.25) is 14.5 Å². The lowest BCUT2D eigenvalue weighted by atomic mass is 10.1. The molecule has 2 aromatic carbocycles. The van der Waals surface area contributed by atoms with Crippen molar-refractivity contribution in [3.05, 3.63) is 58.9 Å². The second-order valence-corrected chi connectivity index (χ2v) is 7.37. The van der Waals surface area contributed by atoms with Crippen LogP contribution in [0.15, 0.2) is 36.4 Å². The Balaban J connectivity index is 1.27. The SMILES string of the molecule is O=C(NCCc1cc(F)cc2c1OCOC2)Nc1ccc(CN2C(=O)CCC2=O)cc1. The Hall–Kier alpha value is -3.46. The minimum absolute atomic E-state index is 0.121. The molecule has 162 valence electrons. The van der Waals surface area contributed by atoms with Gasteiger partial charge in [-0.2, -0.15) is 0 Å². The Kier molecular flexibility index (Phi) is 6.13. The smallest absolute Gasteiger partial charge is 0.319 e. The number of urea groups is 1. The number of ether oxygens (including phenoxy) is 2. The standard InChI is InChI=1S/C22H22FN3O5/c23-17-9-15(21-16(10-17)12-30-13-31-21)7-8-24-22(29)25-18-3-1-14(2-4-18)11-26-19(27)5-6-20(26)28/h1-4,9-10H,5-8,11-13H2,(H2,24,25,29). The molecule has 9 heteroatoms. The number of hydrogen-bond donors (Lipinski definition) is 2. The maximum atomic E-state index is 13.8. The summed E-state index contributed by atoms with van der Waals surface area (Å²) in [6.07, 6.45) is 0.929. The fourth-order valence-electron chi connectivity index (χ4n) is 3.60. The van der Waals surface area contributed by atoms with Gasteiger partial charge in [-0.05, 0) is 41.8 Å². The number of rotatable bonds is 6. The van der Waals surface area contributed by atoms with Crippen LogP contribution in [0.3, 0.4) is 0 Å². The summed E-state index contributed by atoms with van der Waals surface area (Å²) in [6, 6.07) is 9.32. The highest BCUT2D eigenvalue weighted by atomic mass is 19.1. The largest absolute Gasteiger partial charge is 0.467 e. The van der Waals surface area contributed by atoms with Gasteiger partial charge < -0.3 is 20.1 Å². The normalized spacial score (nSPS) is 15.5. The molecule has 0 radical (unpaired) electrons. The van der Waals surface area contributed by atoms with E-state index in [4.69, 9.17) is 9.47 Å². The Morgan fingerprint density at radius 1 is 1.10 bits per heavy atom. The third-order valence-corrected chi connectivity index (χ3v) is 5.14. The summed E-state index contributed by atoms with van der Waals surface area (Å²) in [5.41, 5.74) is 2.70. The Morgan fingerprint density at radius 3 is 2.58 bits per heavy atom. The number of amides is 4. The molecule has 0 atom stereocenters. The molecular formula is C22H22FN3O5. The van der Waals surface area contributed by atoms with Crippen LogP contribution in [0.2, 0.25) is 0 Å². The summed E-state index contributed by atoms with van der Waals surface area (Å²) in [5.74, 6) is -0.0849. The van der Waals surface area contributed by atoms with Gasteiger partial charge in [0.1, 0.15) is 11.6 Å². The number of fused-ring (bicyclic) bond motifs is 1. The quantitative estimate of drug-likeness (QED) is 0.691. The molecular weight excluding hydrogens is 405 g/mol. The average Bonchev–Trinajstić information content (AvgIpc) is 3.07. The lowest BCUT2D eigenvalue weighted by Gasteiger charge is -2.21. The predicted octanol–water partition coefficient (Wildman–Crippen LogP) is 2.71. The molecule has 2 aliphatic heterocycles. The van der Waals surface area contributed by atoms with Crippen LogP contribution in [0.5, 0.6) is 5.75 Å². The molecule has 0 aliphatic carbocycles. The van der Waals surface area contributed by atoms with Crippen molar-refractivity contribution in [2.45, 2.75) is 32.4 Å². The minimum atomic E-state index is -0.396. The molecule has 0 saturated carbocycles. The third-order valence-electron chi connectivity index (χ3n) is 5.14. The highest BCUT2D eigenvalue weighted by Crippen LogP contribution is 2.29. The van der Waals surface area contributed by atoms with Gasteiger partial charge in [-0.15, -0.1) is 0 Å². The van der Waals surface area contributed by atoms with E-state index in [1.165, 1.54) is 17.0 Å². The van der Waals surface area contributed by atoms with Crippen LogP contribution in [0.4, 0.5) is 14.9 Å². The van der Waals surface area contributed by atoms with Crippen LogP contribution in [-0.2, 0) is 33.9 Å². The number of imide groups is 1. The van der Waals surface area contributed by atoms with E-state index in [0.717, 1.165) is 5.56 Å². The number of likely N-dealkylation sites (tertiary alicyclic amines) is 1. The second kappa shape index (κ2) is 9.13. The van der Waals surface area contributed by atoms with E-state index in [0.29, 0.717) is 42.1 Å². The lowest BCUT2D eigenvalue weighted by Crippen LogP contribution is -2.30. The van der Waals surface area contributed by atoms with Crippen LogP contribution in [0.25, 0.3) is 0 Å². The molecule has 2 aliphatic rings. The van der Waals surface area contributed by atoms with Crippen molar-refractivity contribution in [1.82, 2.24) is 10.2 Å². The van der Waals surface area contributed by atoms with E-state index in [2.05, 4.69) is 10.6 Å². The first kappa shape index (κ1) is 20.8. The zero-order valence-electron chi connectivity index (χ0n) is 16.8. The van der Waals surface area contributed by atoms with E-state index < -0.39 is 6.03 Å². The van der Waals surface area contributed by atoms with Gasteiger partial charge in [0.15, 0.2) is 6.79 Å². The van der Waals surface area contributed by atoms with Gasteiger partial charge in [0.2, 0.25) is 11.8 Å². The van der Waals surface area contributed by atoms with Crippen LogP contribution >= 0.6 is 0 Å². The maximum absolute atomic E-state index is 13.8. The fourth-order valence-corrected chi connectivity index (χ4v) is 3.60. The van der Waals surface area contributed by atoms with Crippen LogP contribution in [0.1, 0.15) is 29.5 Å². The van der Waals surface area contributed by atoms with E-state index in [-0.39, 0.29) is 43.8 Å². The summed E-state index contributed by atoms with van der Waals surface area (Å²) in [4.78, 5) is 36.8. The van der Waals surface area contributed by atoms with Gasteiger partial charge in [0, 0.05) is 30.6 Å². The summed E-state index contributed by atoms with van der Waals surface area (Å²) in [7, 11) is 0. The summed E-state index contributed by atoms with van der Waals surface area (Å²) in [6.45, 7) is 0.943. The number of nitrogens with zero attached hydrogens (tertiary/aromatic N) is 1. The van der Waals surface area contributed by atoms with Gasteiger partial charge in [0.25, 0.3) is 0 Å². The first-order valence-electron chi connectivity index (χ1n) is 9.98. The number of hydrogen-bond acceptors (Lipinski definition) is 5. The number of anilines is 1. The molecule has 1 fully saturated rings. The molecule has 4 rings (SSSR count). The summed E-state index contributed by atoms with van der Waals surface area (Å²) >= 11 is 0. The van der Waals surface area contributed by atoms with Gasteiger partial charge >= 0.3 is 6.03 Å². The molecule has 2 aromatic rings. The van der Waals surface area contributed by atoms with Crippen molar-refractivity contribution in [1.29, 1.82) is 0 Å². The number of nitrogens with one attached hydrogen (secondary N) is 2. The van der Waals surface area contributed by atoms with Crippen molar-refractivity contribution < 1.29 is 28.2 Å². The third kappa shape index (κ3) is 5.00. The number of carbonyl (C=O) groups excluding carboxylic acids is 3. The first-order chi connectivity index (χ1) is 15.0. The molecule has 2 heterocycles. The topological polar surface area (TPSA) is 97.0 Å².